The van der Waals surface area contributed by atoms with Gasteiger partial charge in [-0.1, -0.05) is 49.2 Å². The number of ether oxygens (including phenoxy) is 1. The molecule has 0 radical (unpaired) electrons. The second-order valence-electron chi connectivity index (χ2n) is 6.49. The van der Waals surface area contributed by atoms with Crippen molar-refractivity contribution >= 4 is 28.5 Å². The Bertz CT molecular complexity index is 923. The van der Waals surface area contributed by atoms with Crippen molar-refractivity contribution < 1.29 is 9.53 Å². The van der Waals surface area contributed by atoms with Crippen molar-refractivity contribution in [1.29, 1.82) is 0 Å². The van der Waals surface area contributed by atoms with Gasteiger partial charge in [-0.25, -0.2) is 4.98 Å². The van der Waals surface area contributed by atoms with Crippen LogP contribution in [0.5, 0.6) is 5.75 Å². The summed E-state index contributed by atoms with van der Waals surface area (Å²) in [5.41, 5.74) is 1.77. The topological polar surface area (TPSA) is 47.4 Å². The van der Waals surface area contributed by atoms with Crippen molar-refractivity contribution in [1.82, 2.24) is 14.5 Å². The van der Waals surface area contributed by atoms with E-state index < -0.39 is 0 Å². The van der Waals surface area contributed by atoms with Gasteiger partial charge in [0.15, 0.2) is 0 Å². The van der Waals surface area contributed by atoms with Crippen LogP contribution in [0.1, 0.15) is 25.6 Å². The van der Waals surface area contributed by atoms with Crippen LogP contribution in [0.4, 0.5) is 0 Å². The molecule has 3 aromatic rings. The number of unbranched alkanes of at least 4 members (excludes halogenated alkanes) is 1. The van der Waals surface area contributed by atoms with Crippen molar-refractivity contribution in [2.24, 2.45) is 0 Å². The first-order valence-corrected chi connectivity index (χ1v) is 9.53. The number of nitrogens with zero attached hydrogens (tertiary/aromatic N) is 3. The van der Waals surface area contributed by atoms with Gasteiger partial charge in [-0.3, -0.25) is 4.79 Å². The second-order valence-corrected chi connectivity index (χ2v) is 6.90. The number of likely N-dealkylation sites (N-methyl/N-ethyl adjacent to an activating group) is 1. The number of halogens is 1. The van der Waals surface area contributed by atoms with Crippen LogP contribution >= 0.6 is 11.6 Å². The SMILES string of the molecule is CCCCN(C)C(=O)Cn1c(COc2ccccc2Cl)nc2ccccc21. The highest BCUT2D eigenvalue weighted by Gasteiger charge is 2.16. The van der Waals surface area contributed by atoms with Crippen LogP contribution in [0.3, 0.4) is 0 Å². The first-order valence-electron chi connectivity index (χ1n) is 9.15. The van der Waals surface area contributed by atoms with E-state index in [2.05, 4.69) is 11.9 Å². The number of hydrogen-bond acceptors (Lipinski definition) is 3. The molecule has 3 rings (SSSR count). The van der Waals surface area contributed by atoms with E-state index >= 15 is 0 Å². The summed E-state index contributed by atoms with van der Waals surface area (Å²) < 4.78 is 7.79. The van der Waals surface area contributed by atoms with Gasteiger partial charge in [0, 0.05) is 13.6 Å². The lowest BCUT2D eigenvalue weighted by atomic mass is 10.3. The van der Waals surface area contributed by atoms with Gasteiger partial charge in [0.25, 0.3) is 0 Å². The lowest BCUT2D eigenvalue weighted by Crippen LogP contribution is -2.31. The number of benzene rings is 2. The van der Waals surface area contributed by atoms with E-state index in [-0.39, 0.29) is 19.1 Å². The first-order chi connectivity index (χ1) is 13.1. The van der Waals surface area contributed by atoms with Crippen molar-refractivity contribution in [3.63, 3.8) is 0 Å². The largest absolute Gasteiger partial charge is 0.484 e. The van der Waals surface area contributed by atoms with Gasteiger partial charge in [-0.05, 0) is 30.7 Å². The molecule has 27 heavy (non-hydrogen) atoms. The molecular weight excluding hydrogens is 362 g/mol. The number of amides is 1. The van der Waals surface area contributed by atoms with Crippen LogP contribution in [-0.2, 0) is 17.9 Å². The first kappa shape index (κ1) is 19.2. The van der Waals surface area contributed by atoms with Gasteiger partial charge in [-0.2, -0.15) is 0 Å². The molecule has 0 fully saturated rings. The molecule has 0 spiro atoms. The quantitative estimate of drug-likeness (QED) is 0.572. The normalized spacial score (nSPS) is 10.9. The minimum Gasteiger partial charge on any atom is -0.484 e. The maximum Gasteiger partial charge on any atom is 0.242 e. The van der Waals surface area contributed by atoms with E-state index in [1.54, 1.807) is 11.0 Å². The highest BCUT2D eigenvalue weighted by molar-refractivity contribution is 6.32. The molecule has 5 nitrogen and oxygen atoms in total. The van der Waals surface area contributed by atoms with Crippen molar-refractivity contribution in [3.05, 3.63) is 59.4 Å². The molecule has 0 aliphatic carbocycles. The second kappa shape index (κ2) is 8.91. The summed E-state index contributed by atoms with van der Waals surface area (Å²) in [4.78, 5) is 19.1. The van der Waals surface area contributed by atoms with Crippen molar-refractivity contribution in [3.8, 4) is 5.75 Å². The average Bonchev–Trinajstić information content (AvgIpc) is 3.03. The molecule has 0 aliphatic heterocycles. The Morgan fingerprint density at radius 1 is 1.19 bits per heavy atom. The minimum atomic E-state index is 0.0607. The smallest absolute Gasteiger partial charge is 0.242 e. The van der Waals surface area contributed by atoms with Gasteiger partial charge >= 0.3 is 0 Å². The van der Waals surface area contributed by atoms with Crippen molar-refractivity contribution in [2.75, 3.05) is 13.6 Å². The molecule has 0 saturated carbocycles. The molecule has 0 aliphatic rings. The maximum atomic E-state index is 12.7. The zero-order valence-corrected chi connectivity index (χ0v) is 16.4. The average molecular weight is 386 g/mol. The Hall–Kier alpha value is -2.53. The zero-order chi connectivity index (χ0) is 19.2. The Morgan fingerprint density at radius 2 is 1.93 bits per heavy atom. The van der Waals surface area contributed by atoms with Gasteiger partial charge in [0.05, 0.1) is 16.1 Å². The van der Waals surface area contributed by atoms with Crippen LogP contribution in [0.15, 0.2) is 48.5 Å². The Morgan fingerprint density at radius 3 is 2.70 bits per heavy atom. The van der Waals surface area contributed by atoms with Gasteiger partial charge in [0.1, 0.15) is 24.7 Å². The molecule has 0 N–H and O–H groups in total. The summed E-state index contributed by atoms with van der Waals surface area (Å²) >= 11 is 6.17. The van der Waals surface area contributed by atoms with Crippen LogP contribution < -0.4 is 4.74 Å². The number of fused-ring (bicyclic) bond motifs is 1. The third-order valence-corrected chi connectivity index (χ3v) is 4.81. The highest BCUT2D eigenvalue weighted by atomic mass is 35.5. The van der Waals surface area contributed by atoms with E-state index in [0.717, 1.165) is 30.4 Å². The summed E-state index contributed by atoms with van der Waals surface area (Å²) in [5, 5.41) is 0.551. The molecule has 1 amide bonds. The number of hydrogen-bond donors (Lipinski definition) is 0. The number of rotatable bonds is 8. The zero-order valence-electron chi connectivity index (χ0n) is 15.7. The van der Waals surface area contributed by atoms with Crippen LogP contribution in [0, 0.1) is 0 Å². The standard InChI is InChI=1S/C21H24ClN3O2/c1-3-4-13-24(2)21(26)14-25-18-11-7-6-10-17(18)23-20(25)15-27-19-12-8-5-9-16(19)22/h5-12H,3-4,13-15H2,1-2H3. The third kappa shape index (κ3) is 4.61. The number of aromatic nitrogens is 2. The van der Waals surface area contributed by atoms with Gasteiger partial charge in [0.2, 0.25) is 5.91 Å². The Labute approximate surface area is 164 Å². The molecule has 6 heteroatoms. The molecular formula is C21H24ClN3O2. The molecule has 0 saturated heterocycles. The van der Waals surface area contributed by atoms with Crippen LogP contribution in [-0.4, -0.2) is 34.0 Å². The highest BCUT2D eigenvalue weighted by Crippen LogP contribution is 2.25. The summed E-state index contributed by atoms with van der Waals surface area (Å²) in [5.74, 6) is 1.36. The fourth-order valence-electron chi connectivity index (χ4n) is 2.89. The lowest BCUT2D eigenvalue weighted by Gasteiger charge is -2.18. The summed E-state index contributed by atoms with van der Waals surface area (Å²) in [7, 11) is 1.84. The van der Waals surface area contributed by atoms with E-state index in [1.165, 1.54) is 0 Å². The number of carbonyl (C=O) groups is 1. The molecule has 2 aromatic carbocycles. The van der Waals surface area contributed by atoms with Crippen LogP contribution in [0.25, 0.3) is 11.0 Å². The number of para-hydroxylation sites is 3. The monoisotopic (exact) mass is 385 g/mol. The third-order valence-electron chi connectivity index (χ3n) is 4.49. The van der Waals surface area contributed by atoms with Gasteiger partial charge in [-0.15, -0.1) is 0 Å². The molecule has 0 atom stereocenters. The predicted octanol–water partition coefficient (Wildman–Crippen LogP) is 4.53. The fraction of sp³-hybridized carbons (Fsp3) is 0.333. The molecule has 1 aromatic heterocycles. The fourth-order valence-corrected chi connectivity index (χ4v) is 3.08. The molecule has 0 bridgehead atoms. The van der Waals surface area contributed by atoms with Gasteiger partial charge < -0.3 is 14.2 Å². The summed E-state index contributed by atoms with van der Waals surface area (Å²) in [6.07, 6.45) is 2.05. The molecule has 142 valence electrons. The van der Waals surface area contributed by atoms with E-state index in [1.807, 2.05) is 54.1 Å². The maximum absolute atomic E-state index is 12.7. The van der Waals surface area contributed by atoms with E-state index in [4.69, 9.17) is 16.3 Å². The molecule has 0 unspecified atom stereocenters. The van der Waals surface area contributed by atoms with E-state index in [0.29, 0.717) is 16.6 Å². The Kier molecular flexibility index (Phi) is 6.35. The lowest BCUT2D eigenvalue weighted by molar-refractivity contribution is -0.130. The molecule has 1 heterocycles. The summed E-state index contributed by atoms with van der Waals surface area (Å²) in [6, 6.07) is 15.1. The summed E-state index contributed by atoms with van der Waals surface area (Å²) in [6.45, 7) is 3.35. The minimum absolute atomic E-state index is 0.0607. The number of imidazole rings is 1. The Balaban J connectivity index is 1.83. The van der Waals surface area contributed by atoms with E-state index in [9.17, 15) is 4.79 Å². The van der Waals surface area contributed by atoms with Crippen molar-refractivity contribution in [2.45, 2.75) is 32.9 Å². The number of carbonyl (C=O) groups excluding carboxylic acids is 1. The van der Waals surface area contributed by atoms with Crippen LogP contribution in [0.2, 0.25) is 5.02 Å². The predicted molar refractivity (Wildman–Crippen MR) is 108 cm³/mol.